The summed E-state index contributed by atoms with van der Waals surface area (Å²) in [4.78, 5) is 2.64. The van der Waals surface area contributed by atoms with E-state index in [-0.39, 0.29) is 0 Å². The first-order chi connectivity index (χ1) is 9.93. The highest BCUT2D eigenvalue weighted by atomic mass is 16.7. The number of piperazine rings is 1. The number of rotatable bonds is 3. The summed E-state index contributed by atoms with van der Waals surface area (Å²) in [6.45, 7) is 4.81. The van der Waals surface area contributed by atoms with Gasteiger partial charge in [-0.15, -0.1) is 0 Å². The van der Waals surface area contributed by atoms with Gasteiger partial charge in [0.15, 0.2) is 11.5 Å². The number of para-hydroxylation sites is 1. The Labute approximate surface area is 120 Å². The van der Waals surface area contributed by atoms with E-state index in [2.05, 4.69) is 22.3 Å². The minimum atomic E-state index is 0.366. The summed E-state index contributed by atoms with van der Waals surface area (Å²) in [5, 5.41) is 3.45. The summed E-state index contributed by atoms with van der Waals surface area (Å²) in [5.41, 5.74) is 1.34. The van der Waals surface area contributed by atoms with Crippen LogP contribution in [0, 0.1) is 5.92 Å². The lowest BCUT2D eigenvalue weighted by atomic mass is 9.76. The molecule has 20 heavy (non-hydrogen) atoms. The number of ether oxygens (including phenoxy) is 2. The first-order valence-corrected chi connectivity index (χ1v) is 7.77. The van der Waals surface area contributed by atoms with Crippen molar-refractivity contribution in [1.82, 2.24) is 10.2 Å². The summed E-state index contributed by atoms with van der Waals surface area (Å²) in [5.74, 6) is 2.69. The maximum atomic E-state index is 5.76. The van der Waals surface area contributed by atoms with Crippen molar-refractivity contribution in [3.8, 4) is 11.5 Å². The quantitative estimate of drug-likeness (QED) is 0.916. The Kier molecular flexibility index (Phi) is 3.28. The molecule has 0 spiro atoms. The van der Waals surface area contributed by atoms with Crippen LogP contribution >= 0.6 is 0 Å². The molecule has 0 amide bonds. The third kappa shape index (κ3) is 2.07. The fourth-order valence-corrected chi connectivity index (χ4v) is 3.65. The predicted molar refractivity (Wildman–Crippen MR) is 77.1 cm³/mol. The molecule has 0 bridgehead atoms. The average molecular weight is 274 g/mol. The zero-order valence-electron chi connectivity index (χ0n) is 11.8. The van der Waals surface area contributed by atoms with Gasteiger partial charge in [-0.1, -0.05) is 18.6 Å². The Hall–Kier alpha value is -1.26. The fraction of sp³-hybridized carbons (Fsp3) is 0.625. The molecule has 1 saturated heterocycles. The smallest absolute Gasteiger partial charge is 0.231 e. The topological polar surface area (TPSA) is 33.7 Å². The maximum absolute atomic E-state index is 5.76. The first kappa shape index (κ1) is 12.5. The molecular formula is C16H22N2O2. The number of nitrogens with one attached hydrogen (secondary N) is 1. The van der Waals surface area contributed by atoms with Crippen LogP contribution in [0.25, 0.3) is 0 Å². The zero-order valence-corrected chi connectivity index (χ0v) is 11.8. The van der Waals surface area contributed by atoms with Gasteiger partial charge in [-0.25, -0.2) is 0 Å². The second kappa shape index (κ2) is 5.26. The molecule has 1 aromatic carbocycles. The van der Waals surface area contributed by atoms with Gasteiger partial charge in [-0.05, 0) is 24.8 Å². The van der Waals surface area contributed by atoms with E-state index in [1.54, 1.807) is 0 Å². The molecular weight excluding hydrogens is 252 g/mol. The molecule has 3 aliphatic rings. The second-order valence-corrected chi connectivity index (χ2v) is 6.00. The third-order valence-corrected chi connectivity index (χ3v) is 4.89. The van der Waals surface area contributed by atoms with Crippen molar-refractivity contribution in [1.29, 1.82) is 0 Å². The summed E-state index contributed by atoms with van der Waals surface area (Å²) in [6.07, 6.45) is 4.07. The molecule has 4 rings (SSSR count). The van der Waals surface area contributed by atoms with E-state index in [1.807, 2.05) is 6.07 Å². The van der Waals surface area contributed by atoms with Crippen LogP contribution in [0.1, 0.15) is 30.9 Å². The van der Waals surface area contributed by atoms with E-state index in [0.717, 1.165) is 43.6 Å². The summed E-state index contributed by atoms with van der Waals surface area (Å²) >= 11 is 0. The van der Waals surface area contributed by atoms with Crippen LogP contribution in [0.3, 0.4) is 0 Å². The molecule has 1 saturated carbocycles. The molecule has 1 aromatic rings. The maximum Gasteiger partial charge on any atom is 0.231 e. The molecule has 1 aliphatic carbocycles. The van der Waals surface area contributed by atoms with E-state index in [1.165, 1.54) is 24.8 Å². The Bertz CT molecular complexity index is 481. The highest BCUT2D eigenvalue weighted by Crippen LogP contribution is 2.47. The van der Waals surface area contributed by atoms with Crippen LogP contribution in [-0.4, -0.2) is 37.9 Å². The lowest BCUT2D eigenvalue weighted by Gasteiger charge is -2.43. The predicted octanol–water partition coefficient (Wildman–Crippen LogP) is 2.16. The number of benzene rings is 1. The van der Waals surface area contributed by atoms with Crippen LogP contribution < -0.4 is 14.8 Å². The van der Waals surface area contributed by atoms with Gasteiger partial charge in [0.1, 0.15) is 0 Å². The van der Waals surface area contributed by atoms with Gasteiger partial charge < -0.3 is 14.8 Å². The van der Waals surface area contributed by atoms with Crippen molar-refractivity contribution >= 4 is 0 Å². The number of nitrogens with zero attached hydrogens (tertiary/aromatic N) is 1. The number of fused-ring (bicyclic) bond motifs is 1. The molecule has 2 fully saturated rings. The van der Waals surface area contributed by atoms with Crippen LogP contribution in [0.5, 0.6) is 11.5 Å². The Balaban J connectivity index is 1.68. The van der Waals surface area contributed by atoms with Gasteiger partial charge in [0, 0.05) is 37.8 Å². The normalized spacial score (nSPS) is 24.4. The van der Waals surface area contributed by atoms with Gasteiger partial charge in [0.2, 0.25) is 6.79 Å². The van der Waals surface area contributed by atoms with E-state index >= 15 is 0 Å². The summed E-state index contributed by atoms with van der Waals surface area (Å²) in [7, 11) is 0. The number of hydrogen-bond donors (Lipinski definition) is 1. The van der Waals surface area contributed by atoms with Crippen LogP contribution in [-0.2, 0) is 0 Å². The average Bonchev–Trinajstić information content (AvgIpc) is 2.92. The van der Waals surface area contributed by atoms with Crippen LogP contribution in [0.2, 0.25) is 0 Å². The molecule has 2 aliphatic heterocycles. The highest BCUT2D eigenvalue weighted by Gasteiger charge is 2.36. The van der Waals surface area contributed by atoms with Gasteiger partial charge in [0.05, 0.1) is 0 Å². The molecule has 108 valence electrons. The van der Waals surface area contributed by atoms with Crippen molar-refractivity contribution in [2.75, 3.05) is 33.0 Å². The van der Waals surface area contributed by atoms with Gasteiger partial charge in [-0.2, -0.15) is 0 Å². The molecule has 0 radical (unpaired) electrons. The molecule has 1 atom stereocenters. The SMILES string of the molecule is c1cc2c(c([C@@H](C3CCC3)N3CCNCC3)c1)OCO2. The Morgan fingerprint density at radius 2 is 2.00 bits per heavy atom. The minimum Gasteiger partial charge on any atom is -0.454 e. The summed E-state index contributed by atoms with van der Waals surface area (Å²) < 4.78 is 11.3. The van der Waals surface area contributed by atoms with Crippen molar-refractivity contribution in [3.05, 3.63) is 23.8 Å². The van der Waals surface area contributed by atoms with Crippen molar-refractivity contribution < 1.29 is 9.47 Å². The van der Waals surface area contributed by atoms with Crippen LogP contribution in [0.15, 0.2) is 18.2 Å². The van der Waals surface area contributed by atoms with Gasteiger partial charge in [-0.3, -0.25) is 4.90 Å². The zero-order chi connectivity index (χ0) is 13.4. The van der Waals surface area contributed by atoms with Crippen molar-refractivity contribution in [2.45, 2.75) is 25.3 Å². The van der Waals surface area contributed by atoms with E-state index in [0.29, 0.717) is 12.8 Å². The molecule has 2 heterocycles. The van der Waals surface area contributed by atoms with E-state index in [9.17, 15) is 0 Å². The van der Waals surface area contributed by atoms with Crippen molar-refractivity contribution in [2.24, 2.45) is 5.92 Å². The van der Waals surface area contributed by atoms with E-state index in [4.69, 9.17) is 9.47 Å². The summed E-state index contributed by atoms with van der Waals surface area (Å²) in [6, 6.07) is 6.86. The lowest BCUT2D eigenvalue weighted by Crippen LogP contribution is -2.47. The van der Waals surface area contributed by atoms with Gasteiger partial charge in [0.25, 0.3) is 0 Å². The molecule has 0 unspecified atom stereocenters. The lowest BCUT2D eigenvalue weighted by molar-refractivity contribution is 0.0809. The Morgan fingerprint density at radius 1 is 1.15 bits per heavy atom. The number of hydrogen-bond acceptors (Lipinski definition) is 4. The van der Waals surface area contributed by atoms with Crippen molar-refractivity contribution in [3.63, 3.8) is 0 Å². The van der Waals surface area contributed by atoms with Crippen LogP contribution in [0.4, 0.5) is 0 Å². The third-order valence-electron chi connectivity index (χ3n) is 4.89. The molecule has 4 heteroatoms. The standard InChI is InChI=1S/C16H22N2O2/c1-3-12(4-1)15(18-9-7-17-8-10-18)13-5-2-6-14-16(13)20-11-19-14/h2,5-6,12,15,17H,1,3-4,7-11H2/t15-/m1/s1. The molecule has 4 nitrogen and oxygen atoms in total. The monoisotopic (exact) mass is 274 g/mol. The Morgan fingerprint density at radius 3 is 2.75 bits per heavy atom. The largest absolute Gasteiger partial charge is 0.454 e. The highest BCUT2D eigenvalue weighted by molar-refractivity contribution is 5.49. The van der Waals surface area contributed by atoms with E-state index < -0.39 is 0 Å². The molecule has 1 N–H and O–H groups in total. The fourth-order valence-electron chi connectivity index (χ4n) is 3.65. The second-order valence-electron chi connectivity index (χ2n) is 6.00. The molecule has 0 aromatic heterocycles. The minimum absolute atomic E-state index is 0.366. The van der Waals surface area contributed by atoms with Gasteiger partial charge >= 0.3 is 0 Å². The first-order valence-electron chi connectivity index (χ1n) is 7.77.